The van der Waals surface area contributed by atoms with Crippen molar-refractivity contribution in [1.29, 1.82) is 0 Å². The van der Waals surface area contributed by atoms with Crippen LogP contribution in [0.1, 0.15) is 77.6 Å². The van der Waals surface area contributed by atoms with Gasteiger partial charge in [0.2, 0.25) is 11.8 Å². The number of likely N-dealkylation sites (tertiary alicyclic amines) is 1. The summed E-state index contributed by atoms with van der Waals surface area (Å²) in [6, 6.07) is 17.8. The molecule has 2 aliphatic heterocycles. The van der Waals surface area contributed by atoms with Crippen LogP contribution in [0.3, 0.4) is 0 Å². The van der Waals surface area contributed by atoms with Crippen LogP contribution in [0.15, 0.2) is 72.4 Å². The summed E-state index contributed by atoms with van der Waals surface area (Å²) in [6.07, 6.45) is 5.69. The van der Waals surface area contributed by atoms with Crippen molar-refractivity contribution >= 4 is 39.7 Å². The van der Waals surface area contributed by atoms with Gasteiger partial charge in [-0.3, -0.25) is 9.59 Å². The first-order chi connectivity index (χ1) is 26.5. The molecule has 0 bridgehead atoms. The molecule has 12 heteroatoms. The fraction of sp³-hybridized carbons (Fsp3) is 0.419. The zero-order valence-corrected chi connectivity index (χ0v) is 32.7. The van der Waals surface area contributed by atoms with Crippen molar-refractivity contribution in [3.63, 3.8) is 0 Å². The van der Waals surface area contributed by atoms with Gasteiger partial charge < -0.3 is 34.6 Å². The van der Waals surface area contributed by atoms with Crippen LogP contribution < -0.4 is 5.32 Å². The van der Waals surface area contributed by atoms with Crippen LogP contribution >= 0.6 is 0 Å². The number of hydrogen-bond acceptors (Lipinski definition) is 7. The fourth-order valence-electron chi connectivity index (χ4n) is 7.84. The molecule has 1 fully saturated rings. The first-order valence-corrected chi connectivity index (χ1v) is 19.2. The zero-order chi connectivity index (χ0) is 39.0. The molecule has 0 aliphatic carbocycles. The SMILES string of the molecule is CC[C@H](C)[C@H](NC(=O)OC)C(=O)N1CC(C)=C[C@H]1c1nc2ccc(-c3ccc4cc(-c5cnc([C@@H]6CCCN6C(=O)[C@@H](C)[C@@H](C)OC)[nH]5)ccc4c3)cc2[nH]1. The van der Waals surface area contributed by atoms with E-state index in [2.05, 4.69) is 69.9 Å². The molecular weight excluding hydrogens is 695 g/mol. The Morgan fingerprint density at radius 1 is 0.909 bits per heavy atom. The van der Waals surface area contributed by atoms with Gasteiger partial charge in [-0.1, -0.05) is 69.2 Å². The van der Waals surface area contributed by atoms with Crippen LogP contribution in [0.2, 0.25) is 0 Å². The Labute approximate surface area is 321 Å². The zero-order valence-electron chi connectivity index (χ0n) is 32.7. The molecule has 3 N–H and O–H groups in total. The number of H-pyrrole nitrogens is 2. The predicted octanol–water partition coefficient (Wildman–Crippen LogP) is 7.71. The molecular formula is C43H51N7O5. The number of hydrogen-bond donors (Lipinski definition) is 3. The molecule has 0 radical (unpaired) electrons. The number of ether oxygens (including phenoxy) is 2. The number of amides is 3. The molecule has 288 valence electrons. The molecule has 7 rings (SSSR count). The molecule has 12 nitrogen and oxygen atoms in total. The van der Waals surface area contributed by atoms with E-state index < -0.39 is 12.1 Å². The van der Waals surface area contributed by atoms with E-state index in [1.807, 2.05) is 51.8 Å². The summed E-state index contributed by atoms with van der Waals surface area (Å²) in [7, 11) is 2.94. The number of imidazole rings is 2. The van der Waals surface area contributed by atoms with Gasteiger partial charge in [-0.05, 0) is 78.8 Å². The number of aromatic nitrogens is 4. The highest BCUT2D eigenvalue weighted by Crippen LogP contribution is 2.36. The largest absolute Gasteiger partial charge is 0.453 e. The Morgan fingerprint density at radius 3 is 2.35 bits per heavy atom. The number of carbonyl (C=O) groups excluding carboxylic acids is 3. The lowest BCUT2D eigenvalue weighted by Gasteiger charge is -2.31. The Bertz CT molecular complexity index is 2260. The third-order valence-corrected chi connectivity index (χ3v) is 11.6. The summed E-state index contributed by atoms with van der Waals surface area (Å²) in [5.41, 5.74) is 6.81. The number of carbonyl (C=O) groups is 3. The number of methoxy groups -OCH3 is 2. The molecule has 55 heavy (non-hydrogen) atoms. The molecule has 0 spiro atoms. The Morgan fingerprint density at radius 2 is 1.62 bits per heavy atom. The topological polar surface area (TPSA) is 146 Å². The van der Waals surface area contributed by atoms with E-state index in [0.717, 1.165) is 81.4 Å². The van der Waals surface area contributed by atoms with E-state index in [1.54, 1.807) is 12.0 Å². The van der Waals surface area contributed by atoms with Crippen molar-refractivity contribution < 1.29 is 23.9 Å². The van der Waals surface area contributed by atoms with Gasteiger partial charge in [-0.15, -0.1) is 0 Å². The van der Waals surface area contributed by atoms with E-state index in [0.29, 0.717) is 12.4 Å². The van der Waals surface area contributed by atoms with E-state index in [-0.39, 0.29) is 41.8 Å². The normalized spacial score (nSPS) is 19.4. The van der Waals surface area contributed by atoms with Crippen LogP contribution in [-0.2, 0) is 19.1 Å². The van der Waals surface area contributed by atoms with Crippen LogP contribution in [0.5, 0.6) is 0 Å². The van der Waals surface area contributed by atoms with E-state index in [9.17, 15) is 14.4 Å². The number of nitrogens with one attached hydrogen (secondary N) is 3. The van der Waals surface area contributed by atoms with Gasteiger partial charge in [0, 0.05) is 25.8 Å². The third-order valence-electron chi connectivity index (χ3n) is 11.6. The highest BCUT2D eigenvalue weighted by atomic mass is 16.5. The Kier molecular flexibility index (Phi) is 10.8. The third kappa shape index (κ3) is 7.47. The predicted molar refractivity (Wildman–Crippen MR) is 213 cm³/mol. The molecule has 0 saturated carbocycles. The van der Waals surface area contributed by atoms with E-state index in [1.165, 1.54) is 7.11 Å². The standard InChI is InChI=1S/C43H51N7O5/c1-8-25(3)38(48-43(53)55-7)42(52)50-23-24(2)18-37(50)40-45-33-16-15-31(21-34(33)46-40)29-11-12-30-20-32(14-13-28(30)19-29)35-22-44-39(47-35)36-10-9-17-49(36)41(51)26(4)27(5)54-6/h11-16,18-22,25-27,36-38H,8-10,17,23H2,1-7H3,(H,44,47)(H,45,46)(H,48,53)/t25-,26-,27+,36-,37-,38-/m0/s1. The summed E-state index contributed by atoms with van der Waals surface area (Å²) in [6.45, 7) is 11.0. The quantitative estimate of drug-likeness (QED) is 0.118. The van der Waals surface area contributed by atoms with Gasteiger partial charge >= 0.3 is 6.09 Å². The van der Waals surface area contributed by atoms with Gasteiger partial charge in [0.05, 0.1) is 48.1 Å². The average Bonchev–Trinajstić information content (AvgIpc) is 4.03. The average molecular weight is 746 g/mol. The van der Waals surface area contributed by atoms with Crippen LogP contribution in [0.4, 0.5) is 4.79 Å². The molecule has 6 atom stereocenters. The highest BCUT2D eigenvalue weighted by Gasteiger charge is 2.38. The smallest absolute Gasteiger partial charge is 0.407 e. The summed E-state index contributed by atoms with van der Waals surface area (Å²) in [5.74, 6) is 1.12. The van der Waals surface area contributed by atoms with Crippen LogP contribution in [-0.4, -0.2) is 87.1 Å². The molecule has 3 aromatic carbocycles. The first-order valence-electron chi connectivity index (χ1n) is 19.2. The fourth-order valence-corrected chi connectivity index (χ4v) is 7.84. The Hall–Kier alpha value is -5.49. The van der Waals surface area contributed by atoms with Gasteiger partial charge in [0.25, 0.3) is 0 Å². The maximum atomic E-state index is 13.9. The first kappa shape index (κ1) is 37.8. The molecule has 0 unspecified atom stereocenters. The second-order valence-electron chi connectivity index (χ2n) is 15.2. The van der Waals surface area contributed by atoms with Crippen LogP contribution in [0, 0.1) is 11.8 Å². The number of benzene rings is 3. The molecule has 3 amide bonds. The van der Waals surface area contributed by atoms with Crippen molar-refractivity contribution in [3.8, 4) is 22.4 Å². The molecule has 1 saturated heterocycles. The van der Waals surface area contributed by atoms with Crippen molar-refractivity contribution in [3.05, 3.63) is 84.1 Å². The lowest BCUT2D eigenvalue weighted by atomic mass is 9.97. The van der Waals surface area contributed by atoms with Crippen molar-refractivity contribution in [2.75, 3.05) is 27.3 Å². The van der Waals surface area contributed by atoms with Crippen molar-refractivity contribution in [2.45, 2.75) is 78.1 Å². The van der Waals surface area contributed by atoms with E-state index >= 15 is 0 Å². The second-order valence-corrected chi connectivity index (χ2v) is 15.2. The minimum atomic E-state index is -0.713. The van der Waals surface area contributed by atoms with Crippen molar-refractivity contribution in [2.24, 2.45) is 11.8 Å². The van der Waals surface area contributed by atoms with Gasteiger partial charge in [0.1, 0.15) is 23.7 Å². The molecule has 5 aromatic rings. The summed E-state index contributed by atoms with van der Waals surface area (Å²) in [5, 5.41) is 4.97. The minimum absolute atomic E-state index is 0.0726. The van der Waals surface area contributed by atoms with E-state index in [4.69, 9.17) is 19.4 Å². The highest BCUT2D eigenvalue weighted by molar-refractivity contribution is 5.92. The summed E-state index contributed by atoms with van der Waals surface area (Å²) >= 11 is 0. The molecule has 2 aromatic heterocycles. The number of fused-ring (bicyclic) bond motifs is 2. The Balaban J connectivity index is 1.09. The van der Waals surface area contributed by atoms with Gasteiger partial charge in [-0.25, -0.2) is 14.8 Å². The summed E-state index contributed by atoms with van der Waals surface area (Å²) in [4.78, 5) is 59.7. The van der Waals surface area contributed by atoms with Gasteiger partial charge in [0.15, 0.2) is 0 Å². The lowest BCUT2D eigenvalue weighted by molar-refractivity contribution is -0.140. The van der Waals surface area contributed by atoms with Crippen molar-refractivity contribution in [1.82, 2.24) is 35.1 Å². The number of aromatic amines is 2. The number of alkyl carbamates (subject to hydrolysis) is 1. The minimum Gasteiger partial charge on any atom is -0.453 e. The molecule has 2 aliphatic rings. The molecule has 4 heterocycles. The second kappa shape index (κ2) is 15.7. The number of rotatable bonds is 11. The van der Waals surface area contributed by atoms with Crippen LogP contribution in [0.25, 0.3) is 44.2 Å². The maximum Gasteiger partial charge on any atom is 0.407 e. The lowest BCUT2D eigenvalue weighted by Crippen LogP contribution is -2.51. The number of nitrogens with zero attached hydrogens (tertiary/aromatic N) is 4. The monoisotopic (exact) mass is 745 g/mol. The maximum absolute atomic E-state index is 13.9. The summed E-state index contributed by atoms with van der Waals surface area (Å²) < 4.78 is 10.3. The van der Waals surface area contributed by atoms with Gasteiger partial charge in [-0.2, -0.15) is 0 Å².